The van der Waals surface area contributed by atoms with Gasteiger partial charge in [-0.15, -0.1) is 0 Å². The van der Waals surface area contributed by atoms with Gasteiger partial charge in [0.05, 0.1) is 10.4 Å². The Kier molecular flexibility index (Phi) is 3.81. The number of hydrogen-bond acceptors (Lipinski definition) is 2. The number of nitriles is 1. The maximum absolute atomic E-state index is 13.1. The summed E-state index contributed by atoms with van der Waals surface area (Å²) in [5.41, 5.74) is 5.48. The number of primary amides is 1. The minimum Gasteiger partial charge on any atom is -0.369 e. The summed E-state index contributed by atoms with van der Waals surface area (Å²) in [7, 11) is 0. The van der Waals surface area contributed by atoms with Crippen LogP contribution in [0.5, 0.6) is 0 Å². The second-order valence-electron chi connectivity index (χ2n) is 2.96. The van der Waals surface area contributed by atoms with E-state index in [9.17, 15) is 9.18 Å². The minimum atomic E-state index is -0.591. The molecule has 2 N–H and O–H groups in total. The van der Waals surface area contributed by atoms with Gasteiger partial charge in [0.25, 0.3) is 0 Å². The van der Waals surface area contributed by atoms with Crippen LogP contribution >= 0.6 is 15.9 Å². The summed E-state index contributed by atoms with van der Waals surface area (Å²) < 4.78 is 13.1. The molecule has 5 heteroatoms. The van der Waals surface area contributed by atoms with Gasteiger partial charge in [0, 0.05) is 0 Å². The molecule has 0 saturated heterocycles. The van der Waals surface area contributed by atoms with Gasteiger partial charge in [-0.25, -0.2) is 4.39 Å². The van der Waals surface area contributed by atoms with E-state index < -0.39 is 16.6 Å². The van der Waals surface area contributed by atoms with E-state index in [4.69, 9.17) is 11.0 Å². The summed E-state index contributed by atoms with van der Waals surface area (Å²) in [6, 6.07) is 6.05. The molecule has 3 nitrogen and oxygen atoms in total. The van der Waals surface area contributed by atoms with Crippen LogP contribution in [0.3, 0.4) is 0 Å². The van der Waals surface area contributed by atoms with E-state index in [0.29, 0.717) is 5.56 Å². The Morgan fingerprint density at radius 2 is 2.33 bits per heavy atom. The summed E-state index contributed by atoms with van der Waals surface area (Å²) in [5, 5.41) is 8.73. The third-order valence-electron chi connectivity index (χ3n) is 1.92. The summed E-state index contributed by atoms with van der Waals surface area (Å²) in [5.74, 6) is -1.12. The predicted molar refractivity (Wildman–Crippen MR) is 56.7 cm³/mol. The van der Waals surface area contributed by atoms with Crippen molar-refractivity contribution < 1.29 is 9.18 Å². The third kappa shape index (κ3) is 2.77. The van der Waals surface area contributed by atoms with Crippen LogP contribution in [0.25, 0.3) is 0 Å². The number of rotatable bonds is 3. The highest BCUT2D eigenvalue weighted by atomic mass is 79.9. The molecule has 0 aliphatic heterocycles. The van der Waals surface area contributed by atoms with Gasteiger partial charge in [-0.1, -0.05) is 28.1 Å². The first-order chi connectivity index (χ1) is 7.06. The zero-order valence-corrected chi connectivity index (χ0v) is 9.29. The first kappa shape index (κ1) is 11.7. The minimum absolute atomic E-state index is 0.0387. The predicted octanol–water partition coefficient (Wildman–Crippen LogP) is 1.49. The van der Waals surface area contributed by atoms with Crippen molar-refractivity contribution in [3.8, 4) is 6.07 Å². The lowest BCUT2D eigenvalue weighted by Gasteiger charge is -2.07. The van der Waals surface area contributed by atoms with E-state index in [0.717, 1.165) is 0 Å². The van der Waals surface area contributed by atoms with E-state index in [1.54, 1.807) is 12.1 Å². The number of nitrogens with zero attached hydrogens (tertiary/aromatic N) is 1. The Balaban J connectivity index is 3.01. The van der Waals surface area contributed by atoms with Gasteiger partial charge in [-0.2, -0.15) is 5.26 Å². The zero-order valence-electron chi connectivity index (χ0n) is 7.71. The van der Waals surface area contributed by atoms with Gasteiger partial charge < -0.3 is 5.73 Å². The Hall–Kier alpha value is -1.41. The average molecular weight is 271 g/mol. The molecule has 0 aliphatic carbocycles. The van der Waals surface area contributed by atoms with E-state index in [1.165, 1.54) is 12.1 Å². The van der Waals surface area contributed by atoms with Gasteiger partial charge >= 0.3 is 0 Å². The monoisotopic (exact) mass is 270 g/mol. The lowest BCUT2D eigenvalue weighted by atomic mass is 10.0. The Bertz CT molecular complexity index is 428. The highest BCUT2D eigenvalue weighted by molar-refractivity contribution is 9.10. The lowest BCUT2D eigenvalue weighted by Crippen LogP contribution is -2.25. The first-order valence-electron chi connectivity index (χ1n) is 4.17. The molecule has 1 unspecified atom stereocenters. The number of carbonyl (C=O) groups excluding carboxylic acids is 1. The highest BCUT2D eigenvalue weighted by Gasteiger charge is 2.15. The maximum atomic E-state index is 13.1. The fourth-order valence-electron chi connectivity index (χ4n) is 1.16. The molecule has 0 aromatic heterocycles. The van der Waals surface area contributed by atoms with Crippen LogP contribution in [-0.2, 0) is 11.2 Å². The lowest BCUT2D eigenvalue weighted by molar-refractivity contribution is -0.117. The third-order valence-corrected chi connectivity index (χ3v) is 2.69. The molecule has 15 heavy (non-hydrogen) atoms. The van der Waals surface area contributed by atoms with Gasteiger partial charge in [-0.05, 0) is 18.1 Å². The maximum Gasteiger partial charge on any atom is 0.231 e. The van der Waals surface area contributed by atoms with E-state index in [1.807, 2.05) is 0 Å². The SMILES string of the molecule is N#Cc1c(F)cccc1CC(Br)C(N)=O. The quantitative estimate of drug-likeness (QED) is 0.846. The van der Waals surface area contributed by atoms with Crippen molar-refractivity contribution in [1.29, 1.82) is 5.26 Å². The number of halogens is 2. The molecule has 0 radical (unpaired) electrons. The highest BCUT2D eigenvalue weighted by Crippen LogP contribution is 2.16. The Morgan fingerprint density at radius 3 is 2.87 bits per heavy atom. The molecular weight excluding hydrogens is 263 g/mol. The largest absolute Gasteiger partial charge is 0.369 e. The van der Waals surface area contributed by atoms with E-state index in [2.05, 4.69) is 15.9 Å². The molecule has 1 atom stereocenters. The van der Waals surface area contributed by atoms with Crippen LogP contribution in [0.2, 0.25) is 0 Å². The molecule has 1 aromatic carbocycles. The molecule has 0 aliphatic rings. The van der Waals surface area contributed by atoms with Crippen LogP contribution in [0.15, 0.2) is 18.2 Å². The summed E-state index contributed by atoms with van der Waals surface area (Å²) in [6.45, 7) is 0. The fourth-order valence-corrected chi connectivity index (χ4v) is 1.51. The molecule has 0 fully saturated rings. The van der Waals surface area contributed by atoms with Crippen molar-refractivity contribution >= 4 is 21.8 Å². The molecular formula is C10H8BrFN2O. The fraction of sp³-hybridized carbons (Fsp3) is 0.200. The van der Waals surface area contributed by atoms with Crippen molar-refractivity contribution in [3.63, 3.8) is 0 Å². The van der Waals surface area contributed by atoms with Crippen molar-refractivity contribution in [2.75, 3.05) is 0 Å². The molecule has 1 rings (SSSR count). The molecule has 0 saturated carbocycles. The van der Waals surface area contributed by atoms with Gasteiger partial charge in [0.2, 0.25) is 5.91 Å². The standard InChI is InChI=1S/C10H8BrFN2O/c11-8(10(14)15)4-6-2-1-3-9(12)7(6)5-13/h1-3,8H,4H2,(H2,14,15). The number of nitrogens with two attached hydrogens (primary N) is 1. The number of amides is 1. The van der Waals surface area contributed by atoms with Crippen molar-refractivity contribution in [2.24, 2.45) is 5.73 Å². The molecule has 1 aromatic rings. The first-order valence-corrected chi connectivity index (χ1v) is 5.08. The molecule has 0 spiro atoms. The summed E-state index contributed by atoms with van der Waals surface area (Å²) >= 11 is 3.06. The smallest absolute Gasteiger partial charge is 0.231 e. The van der Waals surface area contributed by atoms with Crippen LogP contribution in [-0.4, -0.2) is 10.7 Å². The summed E-state index contributed by atoms with van der Waals surface area (Å²) in [4.78, 5) is 10.2. The second kappa shape index (κ2) is 4.89. The summed E-state index contributed by atoms with van der Waals surface area (Å²) in [6.07, 6.45) is 0.204. The average Bonchev–Trinajstić information content (AvgIpc) is 2.18. The topological polar surface area (TPSA) is 66.9 Å². The van der Waals surface area contributed by atoms with Crippen LogP contribution < -0.4 is 5.73 Å². The number of carbonyl (C=O) groups is 1. The molecule has 0 bridgehead atoms. The Morgan fingerprint density at radius 1 is 1.67 bits per heavy atom. The Labute approximate surface area is 94.8 Å². The second-order valence-corrected chi connectivity index (χ2v) is 4.07. The molecule has 1 amide bonds. The van der Waals surface area contributed by atoms with E-state index in [-0.39, 0.29) is 12.0 Å². The number of hydrogen-bond donors (Lipinski definition) is 1. The normalized spacial score (nSPS) is 11.8. The van der Waals surface area contributed by atoms with Gasteiger partial charge in [0.15, 0.2) is 0 Å². The molecule has 78 valence electrons. The number of benzene rings is 1. The van der Waals surface area contributed by atoms with Crippen molar-refractivity contribution in [3.05, 3.63) is 35.1 Å². The van der Waals surface area contributed by atoms with E-state index >= 15 is 0 Å². The van der Waals surface area contributed by atoms with Gasteiger partial charge in [0.1, 0.15) is 11.9 Å². The van der Waals surface area contributed by atoms with Crippen LogP contribution in [0.1, 0.15) is 11.1 Å². The van der Waals surface area contributed by atoms with Crippen LogP contribution in [0, 0.1) is 17.1 Å². The van der Waals surface area contributed by atoms with Crippen LogP contribution in [0.4, 0.5) is 4.39 Å². The van der Waals surface area contributed by atoms with Gasteiger partial charge in [-0.3, -0.25) is 4.79 Å². The van der Waals surface area contributed by atoms with Crippen molar-refractivity contribution in [1.82, 2.24) is 0 Å². The van der Waals surface area contributed by atoms with Crippen molar-refractivity contribution in [2.45, 2.75) is 11.2 Å². The zero-order chi connectivity index (χ0) is 11.4. The molecule has 0 heterocycles. The number of alkyl halides is 1.